The molecule has 2 rings (SSSR count). The van der Waals surface area contributed by atoms with Crippen molar-refractivity contribution in [1.29, 1.82) is 0 Å². The second-order valence-electron chi connectivity index (χ2n) is 8.62. The molecule has 0 fully saturated rings. The van der Waals surface area contributed by atoms with Crippen LogP contribution in [0.2, 0.25) is 0 Å². The van der Waals surface area contributed by atoms with Crippen LogP contribution in [0.25, 0.3) is 0 Å². The second kappa shape index (κ2) is 15.3. The minimum absolute atomic E-state index is 0.419. The van der Waals surface area contributed by atoms with Gasteiger partial charge in [-0.15, -0.1) is 0 Å². The number of rotatable bonds is 12. The predicted molar refractivity (Wildman–Crippen MR) is 141 cm³/mol. The monoisotopic (exact) mass is 547 g/mol. The van der Waals surface area contributed by atoms with E-state index < -0.39 is 59.8 Å². The molecule has 0 amide bonds. The smallest absolute Gasteiger partial charge is 0.336 e. The van der Waals surface area contributed by atoms with Gasteiger partial charge in [-0.25, -0.2) is 4.79 Å². The van der Waals surface area contributed by atoms with Crippen LogP contribution in [0, 0.1) is 46.4 Å². The molecular weight excluding hydrogens is 518 g/mol. The molecule has 0 atom stereocenters. The molecule has 0 bridgehead atoms. The lowest BCUT2D eigenvalue weighted by molar-refractivity contribution is -0.395. The number of benzene rings is 2. The van der Waals surface area contributed by atoms with Gasteiger partial charge in [-0.05, 0) is 37.3 Å². The summed E-state index contributed by atoms with van der Waals surface area (Å²) in [5.74, 6) is -0.921. The van der Waals surface area contributed by atoms with Crippen molar-refractivity contribution in [2.24, 2.45) is 5.92 Å². The largest absolute Gasteiger partial charge is 0.409 e. The van der Waals surface area contributed by atoms with Crippen LogP contribution in [0.5, 0.6) is 5.75 Å². The molecule has 2 N–H and O–H groups in total. The zero-order valence-corrected chi connectivity index (χ0v) is 21.6. The van der Waals surface area contributed by atoms with Gasteiger partial charge in [0.15, 0.2) is 5.69 Å². The van der Waals surface area contributed by atoms with Gasteiger partial charge in [-0.1, -0.05) is 39.2 Å². The van der Waals surface area contributed by atoms with Crippen LogP contribution in [0.15, 0.2) is 42.5 Å². The molecule has 2 aromatic rings. The number of allylic oxidation sites excluding steroid dienone is 1. The molecule has 0 spiro atoms. The molecule has 15 nitrogen and oxygen atoms in total. The lowest BCUT2D eigenvalue weighted by Crippen LogP contribution is -2.09. The second-order valence-corrected chi connectivity index (χ2v) is 8.62. The first-order valence-corrected chi connectivity index (χ1v) is 11.8. The molecule has 0 aliphatic carbocycles. The topological polar surface area (TPSA) is 225 Å². The van der Waals surface area contributed by atoms with E-state index in [0.717, 1.165) is 43.9 Å². The molecule has 2 aromatic carbocycles. The van der Waals surface area contributed by atoms with Crippen LogP contribution >= 0.6 is 0 Å². The van der Waals surface area contributed by atoms with Gasteiger partial charge < -0.3 is 10.5 Å². The molecule has 210 valence electrons. The van der Waals surface area contributed by atoms with Crippen LogP contribution in [-0.4, -0.2) is 25.7 Å². The number of unbranched alkanes of at least 4 members (excludes halogenated alkanes) is 2. The van der Waals surface area contributed by atoms with Crippen LogP contribution < -0.4 is 10.5 Å². The maximum Gasteiger partial charge on any atom is 0.336 e. The Bertz CT molecular complexity index is 1190. The first-order valence-electron chi connectivity index (χ1n) is 11.8. The number of aryl methyl sites for hydroxylation is 1. The van der Waals surface area contributed by atoms with Gasteiger partial charge in [0.25, 0.3) is 17.1 Å². The molecule has 0 aliphatic rings. The number of ether oxygens (including phenoxy) is 1. The number of nitrogens with two attached hydrogens (primary N) is 1. The van der Waals surface area contributed by atoms with E-state index in [2.05, 4.69) is 13.8 Å². The van der Waals surface area contributed by atoms with Crippen LogP contribution in [-0.2, 0) is 11.2 Å². The minimum atomic E-state index is -0.903. The summed E-state index contributed by atoms with van der Waals surface area (Å²) in [6, 6.07) is 5.93. The summed E-state index contributed by atoms with van der Waals surface area (Å²) in [4.78, 5) is 51.8. The Morgan fingerprint density at radius 3 is 1.77 bits per heavy atom. The van der Waals surface area contributed by atoms with Gasteiger partial charge >= 0.3 is 17.3 Å². The number of hydrogen-bond donors (Lipinski definition) is 1. The van der Waals surface area contributed by atoms with E-state index in [4.69, 9.17) is 10.5 Å². The van der Waals surface area contributed by atoms with E-state index >= 15 is 0 Å². The highest BCUT2D eigenvalue weighted by atomic mass is 16.6. The van der Waals surface area contributed by atoms with Crippen LogP contribution in [0.1, 0.15) is 52.0 Å². The summed E-state index contributed by atoms with van der Waals surface area (Å²) >= 11 is 0. The molecule has 0 radical (unpaired) electrons. The number of nitrogens with zero attached hydrogens (tertiary/aromatic N) is 4. The number of hydrogen-bond acceptors (Lipinski definition) is 11. The number of nitrogen functional groups attached to an aromatic ring is 1. The van der Waals surface area contributed by atoms with Gasteiger partial charge in [0, 0.05) is 30.3 Å². The normalized spacial score (nSPS) is 10.6. The molecule has 15 heteroatoms. The number of anilines is 1. The summed E-state index contributed by atoms with van der Waals surface area (Å²) in [5, 5.41) is 43.2. The number of nitro groups is 4. The Balaban J connectivity index is 0.000000487. The third-order valence-electron chi connectivity index (χ3n) is 5.21. The van der Waals surface area contributed by atoms with E-state index in [1.165, 1.54) is 24.3 Å². The van der Waals surface area contributed by atoms with Crippen molar-refractivity contribution in [3.63, 3.8) is 0 Å². The van der Waals surface area contributed by atoms with E-state index in [-0.39, 0.29) is 0 Å². The lowest BCUT2D eigenvalue weighted by atomic mass is 10.0. The van der Waals surface area contributed by atoms with Crippen molar-refractivity contribution in [3.05, 3.63) is 88.5 Å². The fraction of sp³-hybridized carbons (Fsp3) is 0.375. The molecule has 39 heavy (non-hydrogen) atoms. The number of nitro benzene ring substituents is 4. The first kappa shape index (κ1) is 32.1. The highest BCUT2D eigenvalue weighted by Crippen LogP contribution is 2.38. The quantitative estimate of drug-likeness (QED) is 0.0632. The highest BCUT2D eigenvalue weighted by molar-refractivity contribution is 5.86. The van der Waals surface area contributed by atoms with E-state index in [1.807, 2.05) is 0 Å². The molecule has 0 saturated heterocycles. The van der Waals surface area contributed by atoms with E-state index in [9.17, 15) is 45.3 Å². The fourth-order valence-corrected chi connectivity index (χ4v) is 3.36. The molecule has 0 unspecified atom stereocenters. The molecule has 0 saturated carbocycles. The van der Waals surface area contributed by atoms with Crippen molar-refractivity contribution < 1.29 is 29.2 Å². The summed E-state index contributed by atoms with van der Waals surface area (Å²) in [6.07, 6.45) is 6.77. The van der Waals surface area contributed by atoms with Gasteiger partial charge in [0.1, 0.15) is 0 Å². The Morgan fingerprint density at radius 1 is 0.872 bits per heavy atom. The van der Waals surface area contributed by atoms with Crippen LogP contribution in [0.3, 0.4) is 0 Å². The maximum atomic E-state index is 11.6. The average Bonchev–Trinajstić information content (AvgIpc) is 2.84. The maximum absolute atomic E-state index is 11.6. The number of carbonyl (C=O) groups is 1. The Labute approximate surface area is 222 Å². The Morgan fingerprint density at radius 2 is 1.36 bits per heavy atom. The fourth-order valence-electron chi connectivity index (χ4n) is 3.36. The van der Waals surface area contributed by atoms with Crippen molar-refractivity contribution in [3.8, 4) is 5.75 Å². The van der Waals surface area contributed by atoms with Gasteiger partial charge in [0.2, 0.25) is 0 Å². The van der Waals surface area contributed by atoms with Crippen LogP contribution in [0.4, 0.5) is 28.4 Å². The molecule has 0 heterocycles. The number of carbonyl (C=O) groups excluding carboxylic acids is 1. The van der Waals surface area contributed by atoms with Gasteiger partial charge in [-0.2, -0.15) is 0 Å². The first-order chi connectivity index (χ1) is 18.3. The molecule has 0 aliphatic heterocycles. The number of para-hydroxylation sites is 1. The zero-order chi connectivity index (χ0) is 29.7. The summed E-state index contributed by atoms with van der Waals surface area (Å²) in [5.41, 5.74) is 3.22. The van der Waals surface area contributed by atoms with E-state index in [0.29, 0.717) is 17.9 Å². The Kier molecular flexibility index (Phi) is 12.6. The van der Waals surface area contributed by atoms with Gasteiger partial charge in [-0.3, -0.25) is 40.5 Å². The standard InChI is InChI=1S/C18H24N2O6.C6H5N3O4/c1-4-8-17(21)26-18-15(19(22)23)11-14(12-16(18)20(24)25)10-7-5-6-9-13(2)3;7-6-4(8(10)11)2-1-3-5(6)9(12)13/h4,8,11-13H,5-7,9-10H2,1-3H3;1-3H,7H2/b8-4-;. The summed E-state index contributed by atoms with van der Waals surface area (Å²) < 4.78 is 4.85. The third-order valence-corrected chi connectivity index (χ3v) is 5.21. The number of esters is 1. The molecule has 0 aromatic heterocycles. The minimum Gasteiger partial charge on any atom is -0.409 e. The molecular formula is C24H29N5O10. The van der Waals surface area contributed by atoms with Crippen molar-refractivity contribution >= 4 is 34.4 Å². The van der Waals surface area contributed by atoms with Crippen molar-refractivity contribution in [1.82, 2.24) is 0 Å². The third kappa shape index (κ3) is 10.1. The lowest BCUT2D eigenvalue weighted by Gasteiger charge is -2.08. The van der Waals surface area contributed by atoms with Crippen molar-refractivity contribution in [2.75, 3.05) is 5.73 Å². The predicted octanol–water partition coefficient (Wildman–Crippen LogP) is 5.83. The average molecular weight is 548 g/mol. The zero-order valence-electron chi connectivity index (χ0n) is 21.6. The van der Waals surface area contributed by atoms with Crippen molar-refractivity contribution in [2.45, 2.75) is 52.9 Å². The highest BCUT2D eigenvalue weighted by Gasteiger charge is 2.30. The van der Waals surface area contributed by atoms with E-state index in [1.54, 1.807) is 6.92 Å². The summed E-state index contributed by atoms with van der Waals surface area (Å²) in [7, 11) is 0. The van der Waals surface area contributed by atoms with Gasteiger partial charge in [0.05, 0.1) is 19.7 Å². The SMILES string of the molecule is C/C=C\C(=O)Oc1c([N+](=O)[O-])cc(CCCCCC(C)C)cc1[N+](=O)[O-].Nc1c([N+](=O)[O-])cccc1[N+](=O)[O-]. The summed E-state index contributed by atoms with van der Waals surface area (Å²) in [6.45, 7) is 5.84. The Hall–Kier alpha value is -4.95.